The molecule has 0 saturated carbocycles. The number of likely N-dealkylation sites (tertiary alicyclic amines) is 1. The van der Waals surface area contributed by atoms with Crippen LogP contribution in [0.15, 0.2) is 12.2 Å². The summed E-state index contributed by atoms with van der Waals surface area (Å²) in [7, 11) is 0. The Morgan fingerprint density at radius 2 is 2.25 bits per heavy atom. The zero-order chi connectivity index (χ0) is 11.5. The SMILES string of the molecule is CC1CC(C(=O)O)CCN1C1C=CCCC1. The summed E-state index contributed by atoms with van der Waals surface area (Å²) in [6.07, 6.45) is 9.90. The van der Waals surface area contributed by atoms with Gasteiger partial charge < -0.3 is 5.11 Å². The van der Waals surface area contributed by atoms with Gasteiger partial charge in [0.05, 0.1) is 5.92 Å². The molecule has 0 amide bonds. The molecule has 2 rings (SSSR count). The van der Waals surface area contributed by atoms with Gasteiger partial charge in [-0.1, -0.05) is 12.2 Å². The van der Waals surface area contributed by atoms with Crippen LogP contribution < -0.4 is 0 Å². The first-order valence-corrected chi connectivity index (χ1v) is 6.33. The maximum atomic E-state index is 11.0. The third-order valence-electron chi connectivity index (χ3n) is 3.93. The van der Waals surface area contributed by atoms with Crippen molar-refractivity contribution in [2.75, 3.05) is 6.54 Å². The van der Waals surface area contributed by atoms with E-state index in [9.17, 15) is 4.79 Å². The Kier molecular flexibility index (Phi) is 3.64. The monoisotopic (exact) mass is 223 g/mol. The predicted octanol–water partition coefficient (Wildman–Crippen LogP) is 2.28. The van der Waals surface area contributed by atoms with Crippen LogP contribution in [0.1, 0.15) is 39.0 Å². The van der Waals surface area contributed by atoms with E-state index in [4.69, 9.17) is 5.11 Å². The molecule has 3 atom stereocenters. The standard InChI is InChI=1S/C13H21NO2/c1-10-9-11(13(15)16)7-8-14(10)12-5-3-2-4-6-12/h3,5,10-12H,2,4,6-9H2,1H3,(H,15,16). The van der Waals surface area contributed by atoms with Gasteiger partial charge in [0.1, 0.15) is 0 Å². The molecule has 1 saturated heterocycles. The number of rotatable bonds is 2. The number of allylic oxidation sites excluding steroid dienone is 1. The number of carbonyl (C=O) groups is 1. The number of piperidine rings is 1. The van der Waals surface area contributed by atoms with Crippen molar-refractivity contribution in [1.82, 2.24) is 4.90 Å². The molecule has 0 bridgehead atoms. The van der Waals surface area contributed by atoms with Crippen LogP contribution in [0.25, 0.3) is 0 Å². The van der Waals surface area contributed by atoms with E-state index in [1.54, 1.807) is 0 Å². The van der Waals surface area contributed by atoms with Gasteiger partial charge in [-0.05, 0) is 45.6 Å². The number of hydrogen-bond acceptors (Lipinski definition) is 2. The van der Waals surface area contributed by atoms with Gasteiger partial charge in [0.25, 0.3) is 0 Å². The van der Waals surface area contributed by atoms with Gasteiger partial charge in [0.2, 0.25) is 0 Å². The van der Waals surface area contributed by atoms with Crippen LogP contribution in [0.5, 0.6) is 0 Å². The Bertz CT molecular complexity index is 288. The first-order chi connectivity index (χ1) is 7.68. The number of carboxylic acid groups (broad SMARTS) is 1. The van der Waals surface area contributed by atoms with E-state index in [0.717, 1.165) is 19.4 Å². The van der Waals surface area contributed by atoms with Crippen LogP contribution in [0.4, 0.5) is 0 Å². The summed E-state index contributed by atoms with van der Waals surface area (Å²) in [6, 6.07) is 0.959. The van der Waals surface area contributed by atoms with Crippen molar-refractivity contribution < 1.29 is 9.90 Å². The Labute approximate surface area is 97.1 Å². The van der Waals surface area contributed by atoms with E-state index >= 15 is 0 Å². The van der Waals surface area contributed by atoms with E-state index < -0.39 is 5.97 Å². The Morgan fingerprint density at radius 1 is 1.44 bits per heavy atom. The molecule has 90 valence electrons. The average Bonchev–Trinajstić information content (AvgIpc) is 2.30. The van der Waals surface area contributed by atoms with E-state index in [2.05, 4.69) is 24.0 Å². The molecule has 0 aromatic rings. The highest BCUT2D eigenvalue weighted by Gasteiger charge is 2.32. The lowest BCUT2D eigenvalue weighted by molar-refractivity contribution is -0.144. The van der Waals surface area contributed by atoms with Crippen LogP contribution in [0.2, 0.25) is 0 Å². The van der Waals surface area contributed by atoms with Crippen LogP contribution in [-0.2, 0) is 4.79 Å². The zero-order valence-electron chi connectivity index (χ0n) is 9.93. The minimum absolute atomic E-state index is 0.126. The largest absolute Gasteiger partial charge is 0.481 e. The summed E-state index contributed by atoms with van der Waals surface area (Å²) >= 11 is 0. The number of hydrogen-bond donors (Lipinski definition) is 1. The second kappa shape index (κ2) is 5.00. The van der Waals surface area contributed by atoms with E-state index in [1.807, 2.05) is 0 Å². The molecular formula is C13H21NO2. The molecule has 3 nitrogen and oxygen atoms in total. The van der Waals surface area contributed by atoms with Crippen molar-refractivity contribution >= 4 is 5.97 Å². The van der Waals surface area contributed by atoms with E-state index in [0.29, 0.717) is 12.1 Å². The highest BCUT2D eigenvalue weighted by molar-refractivity contribution is 5.70. The molecule has 0 spiro atoms. The molecule has 1 aliphatic carbocycles. The first kappa shape index (κ1) is 11.6. The predicted molar refractivity (Wildman–Crippen MR) is 63.3 cm³/mol. The van der Waals surface area contributed by atoms with Gasteiger partial charge in [-0.3, -0.25) is 9.69 Å². The van der Waals surface area contributed by atoms with Gasteiger partial charge >= 0.3 is 5.97 Å². The van der Waals surface area contributed by atoms with Crippen molar-refractivity contribution in [3.8, 4) is 0 Å². The summed E-state index contributed by atoms with van der Waals surface area (Å²) < 4.78 is 0. The van der Waals surface area contributed by atoms with Gasteiger partial charge in [-0.25, -0.2) is 0 Å². The van der Waals surface area contributed by atoms with Crippen molar-refractivity contribution in [1.29, 1.82) is 0 Å². The van der Waals surface area contributed by atoms with Crippen LogP contribution in [0.3, 0.4) is 0 Å². The molecule has 2 aliphatic rings. The molecule has 0 radical (unpaired) electrons. The fourth-order valence-electron chi connectivity index (χ4n) is 2.98. The van der Waals surface area contributed by atoms with Crippen molar-refractivity contribution in [3.05, 3.63) is 12.2 Å². The lowest BCUT2D eigenvalue weighted by Gasteiger charge is -2.41. The van der Waals surface area contributed by atoms with Crippen LogP contribution in [-0.4, -0.2) is 34.6 Å². The van der Waals surface area contributed by atoms with E-state index in [1.165, 1.54) is 19.3 Å². The highest BCUT2D eigenvalue weighted by atomic mass is 16.4. The molecule has 16 heavy (non-hydrogen) atoms. The van der Waals surface area contributed by atoms with Gasteiger partial charge in [0, 0.05) is 12.1 Å². The minimum atomic E-state index is -0.620. The third kappa shape index (κ3) is 2.46. The lowest BCUT2D eigenvalue weighted by atomic mass is 9.89. The summed E-state index contributed by atoms with van der Waals surface area (Å²) in [4.78, 5) is 13.4. The first-order valence-electron chi connectivity index (χ1n) is 6.33. The molecule has 1 heterocycles. The summed E-state index contributed by atoms with van der Waals surface area (Å²) in [5.74, 6) is -0.746. The summed E-state index contributed by atoms with van der Waals surface area (Å²) in [6.45, 7) is 3.10. The summed E-state index contributed by atoms with van der Waals surface area (Å²) in [5.41, 5.74) is 0. The number of carboxylic acids is 1. The summed E-state index contributed by atoms with van der Waals surface area (Å²) in [5, 5.41) is 9.02. The molecule has 1 N–H and O–H groups in total. The maximum absolute atomic E-state index is 11.0. The van der Waals surface area contributed by atoms with Crippen molar-refractivity contribution in [2.45, 2.75) is 51.1 Å². The smallest absolute Gasteiger partial charge is 0.306 e. The second-order valence-corrected chi connectivity index (χ2v) is 5.07. The topological polar surface area (TPSA) is 40.5 Å². The van der Waals surface area contributed by atoms with Crippen molar-refractivity contribution in [2.24, 2.45) is 5.92 Å². The van der Waals surface area contributed by atoms with Gasteiger partial charge in [-0.15, -0.1) is 0 Å². The van der Waals surface area contributed by atoms with Gasteiger partial charge in [-0.2, -0.15) is 0 Å². The molecule has 0 aromatic heterocycles. The fourth-order valence-corrected chi connectivity index (χ4v) is 2.98. The minimum Gasteiger partial charge on any atom is -0.481 e. The van der Waals surface area contributed by atoms with Crippen molar-refractivity contribution in [3.63, 3.8) is 0 Å². The average molecular weight is 223 g/mol. The Morgan fingerprint density at radius 3 is 2.81 bits per heavy atom. The third-order valence-corrected chi connectivity index (χ3v) is 3.93. The highest BCUT2D eigenvalue weighted by Crippen LogP contribution is 2.28. The molecule has 3 heteroatoms. The number of aliphatic carboxylic acids is 1. The molecular weight excluding hydrogens is 202 g/mol. The van der Waals surface area contributed by atoms with Crippen LogP contribution in [0, 0.1) is 5.92 Å². The van der Waals surface area contributed by atoms with Gasteiger partial charge in [0.15, 0.2) is 0 Å². The Hall–Kier alpha value is -0.830. The molecule has 3 unspecified atom stereocenters. The van der Waals surface area contributed by atoms with Crippen LogP contribution >= 0.6 is 0 Å². The lowest BCUT2D eigenvalue weighted by Crippen LogP contribution is -2.47. The molecule has 1 fully saturated rings. The zero-order valence-corrected chi connectivity index (χ0v) is 9.93. The fraction of sp³-hybridized carbons (Fsp3) is 0.769. The number of nitrogens with zero attached hydrogens (tertiary/aromatic N) is 1. The Balaban J connectivity index is 1.95. The molecule has 0 aromatic carbocycles. The molecule has 1 aliphatic heterocycles. The van der Waals surface area contributed by atoms with E-state index in [-0.39, 0.29) is 5.92 Å². The normalized spacial score (nSPS) is 36.2. The second-order valence-electron chi connectivity index (χ2n) is 5.07. The maximum Gasteiger partial charge on any atom is 0.306 e. The quantitative estimate of drug-likeness (QED) is 0.730.